The molecule has 0 aliphatic heterocycles. The third-order valence-corrected chi connectivity index (χ3v) is 1.61. The molecule has 0 amide bonds. The van der Waals surface area contributed by atoms with Crippen molar-refractivity contribution in [3.63, 3.8) is 0 Å². The Hall–Kier alpha value is -1.79. The van der Waals surface area contributed by atoms with Gasteiger partial charge in [0.1, 0.15) is 17.1 Å². The van der Waals surface area contributed by atoms with E-state index in [2.05, 4.69) is 5.16 Å². The zero-order valence-corrected chi connectivity index (χ0v) is 7.09. The number of oxime groups is 1. The minimum atomic E-state index is -4.87. The van der Waals surface area contributed by atoms with Gasteiger partial charge in [0.05, 0.1) is 6.21 Å². The number of halogens is 4. The van der Waals surface area contributed by atoms with Gasteiger partial charge >= 0.3 is 6.18 Å². The molecule has 0 aliphatic carbocycles. The Morgan fingerprint density at radius 2 is 1.87 bits per heavy atom. The fourth-order valence-electron chi connectivity index (χ4n) is 0.997. The number of phenolic OH excluding ortho intramolecular Hbond substituents is 1. The van der Waals surface area contributed by atoms with E-state index >= 15 is 0 Å². The zero-order valence-electron chi connectivity index (χ0n) is 7.09. The van der Waals surface area contributed by atoms with Crippen LogP contribution >= 0.6 is 0 Å². The summed E-state index contributed by atoms with van der Waals surface area (Å²) < 4.78 is 49.4. The topological polar surface area (TPSA) is 52.8 Å². The van der Waals surface area contributed by atoms with Crippen molar-refractivity contribution in [1.82, 2.24) is 0 Å². The smallest absolute Gasteiger partial charge is 0.420 e. The highest BCUT2D eigenvalue weighted by molar-refractivity contribution is 5.83. The van der Waals surface area contributed by atoms with Gasteiger partial charge in [0.15, 0.2) is 0 Å². The molecule has 2 N–H and O–H groups in total. The molecule has 0 saturated carbocycles. The highest BCUT2D eigenvalue weighted by Gasteiger charge is 2.35. The van der Waals surface area contributed by atoms with Crippen LogP contribution in [0.2, 0.25) is 0 Å². The van der Waals surface area contributed by atoms with Crippen molar-refractivity contribution in [2.75, 3.05) is 0 Å². The number of alkyl halides is 3. The first-order valence-electron chi connectivity index (χ1n) is 3.63. The van der Waals surface area contributed by atoms with Gasteiger partial charge in [-0.1, -0.05) is 5.16 Å². The number of aromatic hydroxyl groups is 1. The highest BCUT2D eigenvalue weighted by atomic mass is 19.4. The van der Waals surface area contributed by atoms with Crippen LogP contribution in [0, 0.1) is 5.82 Å². The first kappa shape index (κ1) is 11.3. The fraction of sp³-hybridized carbons (Fsp3) is 0.125. The number of nitrogens with zero attached hydrogens (tertiary/aromatic N) is 1. The Balaban J connectivity index is 3.41. The second-order valence-electron chi connectivity index (χ2n) is 2.63. The SMILES string of the molecule is O/N=C\c1cc(F)cc(C(F)(F)F)c1O. The average molecular weight is 223 g/mol. The number of phenols is 1. The first-order chi connectivity index (χ1) is 6.86. The Bertz CT molecular complexity index is 400. The summed E-state index contributed by atoms with van der Waals surface area (Å²) >= 11 is 0. The van der Waals surface area contributed by atoms with Crippen LogP contribution in [0.4, 0.5) is 17.6 Å². The minimum Gasteiger partial charge on any atom is -0.507 e. The van der Waals surface area contributed by atoms with Gasteiger partial charge < -0.3 is 10.3 Å². The normalized spacial score (nSPS) is 12.3. The molecule has 15 heavy (non-hydrogen) atoms. The maximum absolute atomic E-state index is 12.7. The first-order valence-corrected chi connectivity index (χ1v) is 3.63. The van der Waals surface area contributed by atoms with Crippen LogP contribution in [0.5, 0.6) is 5.75 Å². The van der Waals surface area contributed by atoms with E-state index in [0.29, 0.717) is 12.3 Å². The zero-order chi connectivity index (χ0) is 11.6. The predicted molar refractivity (Wildman–Crippen MR) is 42.4 cm³/mol. The molecule has 0 saturated heterocycles. The van der Waals surface area contributed by atoms with Gasteiger partial charge in [0.2, 0.25) is 0 Å². The lowest BCUT2D eigenvalue weighted by Crippen LogP contribution is -2.07. The van der Waals surface area contributed by atoms with Gasteiger partial charge in [-0.05, 0) is 12.1 Å². The van der Waals surface area contributed by atoms with Crippen LogP contribution in [0.25, 0.3) is 0 Å². The summed E-state index contributed by atoms with van der Waals surface area (Å²) in [6.07, 6.45) is -4.36. The average Bonchev–Trinajstić information content (AvgIpc) is 2.09. The molecule has 0 bridgehead atoms. The van der Waals surface area contributed by atoms with Crippen LogP contribution in [0.1, 0.15) is 11.1 Å². The van der Waals surface area contributed by atoms with Crippen molar-refractivity contribution in [2.24, 2.45) is 5.16 Å². The van der Waals surface area contributed by atoms with E-state index in [9.17, 15) is 17.6 Å². The third kappa shape index (κ3) is 2.36. The van der Waals surface area contributed by atoms with Crippen LogP contribution in [0.15, 0.2) is 17.3 Å². The van der Waals surface area contributed by atoms with Crippen molar-refractivity contribution in [1.29, 1.82) is 0 Å². The maximum Gasteiger partial charge on any atom is 0.420 e. The van der Waals surface area contributed by atoms with Gasteiger partial charge in [-0.15, -0.1) is 0 Å². The van der Waals surface area contributed by atoms with Crippen molar-refractivity contribution in [3.8, 4) is 5.75 Å². The highest BCUT2D eigenvalue weighted by Crippen LogP contribution is 2.37. The summed E-state index contributed by atoms with van der Waals surface area (Å²) in [7, 11) is 0. The second-order valence-corrected chi connectivity index (χ2v) is 2.63. The molecule has 7 heteroatoms. The quantitative estimate of drug-likeness (QED) is 0.332. The van der Waals surface area contributed by atoms with Gasteiger partial charge in [-0.2, -0.15) is 13.2 Å². The minimum absolute atomic E-state index is 0.157. The monoisotopic (exact) mass is 223 g/mol. The molecule has 1 rings (SSSR count). The van der Waals surface area contributed by atoms with Gasteiger partial charge in [-0.3, -0.25) is 0 Å². The molecule has 0 heterocycles. The summed E-state index contributed by atoms with van der Waals surface area (Å²) in [6, 6.07) is 0.772. The number of hydrogen-bond donors (Lipinski definition) is 2. The number of rotatable bonds is 1. The van der Waals surface area contributed by atoms with Crippen LogP contribution < -0.4 is 0 Å². The molecule has 0 radical (unpaired) electrons. The molecule has 82 valence electrons. The second kappa shape index (κ2) is 3.76. The third-order valence-electron chi connectivity index (χ3n) is 1.61. The van der Waals surface area contributed by atoms with Gasteiger partial charge in [0.25, 0.3) is 0 Å². The van der Waals surface area contributed by atoms with Crippen molar-refractivity contribution in [2.45, 2.75) is 6.18 Å². The molecule has 0 atom stereocenters. The molecule has 0 aliphatic rings. The molecule has 1 aromatic rings. The molecule has 0 spiro atoms. The summed E-state index contributed by atoms with van der Waals surface area (Å²) in [5.41, 5.74) is -2.07. The van der Waals surface area contributed by atoms with Gasteiger partial charge in [-0.25, -0.2) is 4.39 Å². The lowest BCUT2D eigenvalue weighted by atomic mass is 10.1. The summed E-state index contributed by atoms with van der Waals surface area (Å²) in [5, 5.41) is 19.6. The Labute approximate surface area is 81.3 Å². The summed E-state index contributed by atoms with van der Waals surface area (Å²) in [5.74, 6) is -2.36. The van der Waals surface area contributed by atoms with Crippen molar-refractivity contribution in [3.05, 3.63) is 29.1 Å². The Morgan fingerprint density at radius 3 is 2.33 bits per heavy atom. The Morgan fingerprint density at radius 1 is 1.27 bits per heavy atom. The molecule has 3 nitrogen and oxygen atoms in total. The van der Waals surface area contributed by atoms with Crippen LogP contribution in [-0.2, 0) is 6.18 Å². The van der Waals surface area contributed by atoms with Crippen molar-refractivity contribution < 1.29 is 27.9 Å². The van der Waals surface area contributed by atoms with E-state index in [-0.39, 0.29) is 6.07 Å². The summed E-state index contributed by atoms with van der Waals surface area (Å²) in [4.78, 5) is 0. The van der Waals surface area contributed by atoms with E-state index in [1.807, 2.05) is 0 Å². The van der Waals surface area contributed by atoms with Crippen molar-refractivity contribution >= 4 is 6.21 Å². The fourth-order valence-corrected chi connectivity index (χ4v) is 0.997. The lowest BCUT2D eigenvalue weighted by Gasteiger charge is -2.10. The predicted octanol–water partition coefficient (Wildman–Crippen LogP) is 2.36. The van der Waals surface area contributed by atoms with Gasteiger partial charge in [0, 0.05) is 5.56 Å². The Kier molecular flexibility index (Phi) is 2.83. The van der Waals surface area contributed by atoms with E-state index < -0.39 is 28.9 Å². The molecular formula is C8H5F4NO2. The van der Waals surface area contributed by atoms with Crippen LogP contribution in [0.3, 0.4) is 0 Å². The standard InChI is InChI=1S/C8H5F4NO2/c9-5-1-4(3-13-15)7(14)6(2-5)8(10,11)12/h1-3,14-15H/b13-3-. The molecule has 0 fully saturated rings. The molecule has 1 aromatic carbocycles. The number of hydrogen-bond acceptors (Lipinski definition) is 3. The molecule has 0 aromatic heterocycles. The van der Waals surface area contributed by atoms with E-state index in [4.69, 9.17) is 10.3 Å². The van der Waals surface area contributed by atoms with E-state index in [1.54, 1.807) is 0 Å². The van der Waals surface area contributed by atoms with E-state index in [0.717, 1.165) is 0 Å². The van der Waals surface area contributed by atoms with E-state index in [1.165, 1.54) is 0 Å². The lowest BCUT2D eigenvalue weighted by molar-refractivity contribution is -0.139. The van der Waals surface area contributed by atoms with Crippen LogP contribution in [-0.4, -0.2) is 16.5 Å². The summed E-state index contributed by atoms with van der Waals surface area (Å²) in [6.45, 7) is 0. The molecular weight excluding hydrogens is 218 g/mol. The maximum atomic E-state index is 12.7. The number of benzene rings is 1. The largest absolute Gasteiger partial charge is 0.507 e. The molecule has 0 unspecified atom stereocenters.